The van der Waals surface area contributed by atoms with Gasteiger partial charge in [0.15, 0.2) is 0 Å². The normalized spacial score (nSPS) is 18.2. The van der Waals surface area contributed by atoms with Crippen LogP contribution >= 0.6 is 11.3 Å². The van der Waals surface area contributed by atoms with Crippen molar-refractivity contribution < 1.29 is 9.53 Å². The van der Waals surface area contributed by atoms with Crippen LogP contribution in [0.15, 0.2) is 41.8 Å². The van der Waals surface area contributed by atoms with Crippen molar-refractivity contribution in [2.45, 2.75) is 12.3 Å². The molecule has 1 aliphatic rings. The monoisotopic (exact) mass is 287 g/mol. The van der Waals surface area contributed by atoms with E-state index in [4.69, 9.17) is 4.74 Å². The van der Waals surface area contributed by atoms with Crippen LogP contribution in [0.25, 0.3) is 0 Å². The third-order valence-corrected chi connectivity index (χ3v) is 4.65. The second kappa shape index (κ2) is 5.67. The highest BCUT2D eigenvalue weighted by atomic mass is 32.1. The summed E-state index contributed by atoms with van der Waals surface area (Å²) in [6.07, 6.45) is 1.03. The van der Waals surface area contributed by atoms with Crippen LogP contribution in [0.1, 0.15) is 27.6 Å². The molecule has 1 fully saturated rings. The Morgan fingerprint density at radius 3 is 2.75 bits per heavy atom. The second-order valence-corrected chi connectivity index (χ2v) is 5.93. The molecule has 2 heterocycles. The van der Waals surface area contributed by atoms with Gasteiger partial charge >= 0.3 is 0 Å². The summed E-state index contributed by atoms with van der Waals surface area (Å²) in [6, 6.07) is 12.0. The third kappa shape index (κ3) is 2.56. The number of hydrogen-bond acceptors (Lipinski definition) is 3. The van der Waals surface area contributed by atoms with E-state index in [1.807, 2.05) is 34.5 Å². The Morgan fingerprint density at radius 1 is 1.30 bits per heavy atom. The van der Waals surface area contributed by atoms with Crippen LogP contribution in [-0.4, -0.2) is 31.0 Å². The lowest BCUT2D eigenvalue weighted by molar-refractivity contribution is 0.0795. The van der Waals surface area contributed by atoms with E-state index >= 15 is 0 Å². The number of hydrogen-bond donors (Lipinski definition) is 0. The minimum atomic E-state index is 0.163. The number of likely N-dealkylation sites (tertiary alicyclic amines) is 1. The minimum absolute atomic E-state index is 0.163. The lowest BCUT2D eigenvalue weighted by Gasteiger charge is -2.16. The van der Waals surface area contributed by atoms with Crippen LogP contribution in [0.4, 0.5) is 0 Å². The molecule has 3 nitrogen and oxygen atoms in total. The molecule has 1 aromatic heterocycles. The summed E-state index contributed by atoms with van der Waals surface area (Å²) in [6.45, 7) is 1.65. The fraction of sp³-hybridized carbons (Fsp3) is 0.312. The summed E-state index contributed by atoms with van der Waals surface area (Å²) in [5, 5.41) is 1.95. The molecule has 3 rings (SSSR count). The van der Waals surface area contributed by atoms with Gasteiger partial charge in [-0.1, -0.05) is 18.2 Å². The second-order valence-electron chi connectivity index (χ2n) is 4.99. The van der Waals surface area contributed by atoms with Gasteiger partial charge in [0.1, 0.15) is 5.75 Å². The van der Waals surface area contributed by atoms with Crippen LogP contribution in [0.5, 0.6) is 5.75 Å². The predicted octanol–water partition coefficient (Wildman–Crippen LogP) is 3.39. The number of carbonyl (C=O) groups is 1. The number of methoxy groups -OCH3 is 1. The quantitative estimate of drug-likeness (QED) is 0.866. The maximum atomic E-state index is 12.3. The Labute approximate surface area is 122 Å². The highest BCUT2D eigenvalue weighted by Gasteiger charge is 2.28. The molecule has 1 aliphatic heterocycles. The fourth-order valence-corrected chi connectivity index (χ4v) is 3.34. The van der Waals surface area contributed by atoms with E-state index in [1.165, 1.54) is 16.9 Å². The average molecular weight is 287 g/mol. The number of ether oxygens (including phenoxy) is 1. The molecular formula is C16H17NO2S. The van der Waals surface area contributed by atoms with Gasteiger partial charge in [-0.3, -0.25) is 4.79 Å². The molecule has 0 N–H and O–H groups in total. The molecule has 1 aromatic carbocycles. The number of amides is 1. The molecule has 20 heavy (non-hydrogen) atoms. The van der Waals surface area contributed by atoms with Crippen molar-refractivity contribution in [3.05, 3.63) is 52.2 Å². The van der Waals surface area contributed by atoms with Gasteiger partial charge in [-0.05, 0) is 35.6 Å². The molecule has 0 spiro atoms. The van der Waals surface area contributed by atoms with Crippen molar-refractivity contribution in [1.29, 1.82) is 0 Å². The van der Waals surface area contributed by atoms with Crippen molar-refractivity contribution in [3.63, 3.8) is 0 Å². The first kappa shape index (κ1) is 13.2. The summed E-state index contributed by atoms with van der Waals surface area (Å²) in [5.41, 5.74) is 1.28. The van der Waals surface area contributed by atoms with E-state index in [0.29, 0.717) is 5.92 Å². The van der Waals surface area contributed by atoms with Crippen molar-refractivity contribution in [3.8, 4) is 5.75 Å². The zero-order valence-corrected chi connectivity index (χ0v) is 12.2. The molecule has 2 aromatic rings. The van der Waals surface area contributed by atoms with Gasteiger partial charge in [-0.25, -0.2) is 0 Å². The van der Waals surface area contributed by atoms with Crippen molar-refractivity contribution in [2.24, 2.45) is 0 Å². The molecule has 0 unspecified atom stereocenters. The number of nitrogens with zero attached hydrogens (tertiary/aromatic N) is 1. The maximum absolute atomic E-state index is 12.3. The molecule has 1 atom stereocenters. The van der Waals surface area contributed by atoms with Gasteiger partial charge < -0.3 is 9.64 Å². The average Bonchev–Trinajstić information content (AvgIpc) is 3.18. The van der Waals surface area contributed by atoms with Gasteiger partial charge in [-0.15, -0.1) is 11.3 Å². The highest BCUT2D eigenvalue weighted by molar-refractivity contribution is 7.12. The molecule has 0 aliphatic carbocycles. The molecule has 0 bridgehead atoms. The first-order valence-corrected chi connectivity index (χ1v) is 7.62. The third-order valence-electron chi connectivity index (χ3n) is 3.79. The first-order valence-electron chi connectivity index (χ1n) is 6.74. The Morgan fingerprint density at radius 2 is 2.10 bits per heavy atom. The van der Waals surface area contributed by atoms with Crippen LogP contribution < -0.4 is 4.74 Å². The number of thiophene rings is 1. The van der Waals surface area contributed by atoms with Crippen molar-refractivity contribution >= 4 is 17.2 Å². The van der Waals surface area contributed by atoms with E-state index in [2.05, 4.69) is 12.1 Å². The molecule has 0 radical (unpaired) electrons. The summed E-state index contributed by atoms with van der Waals surface area (Å²) in [4.78, 5) is 15.1. The Balaban J connectivity index is 1.68. The lowest BCUT2D eigenvalue weighted by atomic mass is 9.98. The molecule has 1 saturated heterocycles. The maximum Gasteiger partial charge on any atom is 0.263 e. The lowest BCUT2D eigenvalue weighted by Crippen LogP contribution is -2.27. The fourth-order valence-electron chi connectivity index (χ4n) is 2.65. The first-order chi connectivity index (χ1) is 9.78. The molecular weight excluding hydrogens is 270 g/mol. The number of rotatable bonds is 3. The molecule has 104 valence electrons. The van der Waals surface area contributed by atoms with E-state index in [0.717, 1.165) is 30.1 Å². The van der Waals surface area contributed by atoms with E-state index in [-0.39, 0.29) is 5.91 Å². The topological polar surface area (TPSA) is 29.5 Å². The Hall–Kier alpha value is -1.81. The summed E-state index contributed by atoms with van der Waals surface area (Å²) >= 11 is 1.51. The smallest absolute Gasteiger partial charge is 0.263 e. The zero-order chi connectivity index (χ0) is 13.9. The van der Waals surface area contributed by atoms with Gasteiger partial charge in [-0.2, -0.15) is 0 Å². The highest BCUT2D eigenvalue weighted by Crippen LogP contribution is 2.29. The minimum Gasteiger partial charge on any atom is -0.497 e. The summed E-state index contributed by atoms with van der Waals surface area (Å²) in [7, 11) is 1.67. The van der Waals surface area contributed by atoms with Crippen LogP contribution in [0, 0.1) is 0 Å². The molecule has 1 amide bonds. The van der Waals surface area contributed by atoms with E-state index in [1.54, 1.807) is 7.11 Å². The summed E-state index contributed by atoms with van der Waals surface area (Å²) in [5.74, 6) is 1.47. The number of carbonyl (C=O) groups excluding carboxylic acids is 1. The predicted molar refractivity (Wildman–Crippen MR) is 80.6 cm³/mol. The summed E-state index contributed by atoms with van der Waals surface area (Å²) < 4.78 is 5.18. The SMILES string of the molecule is COc1ccc([C@H]2CCN(C(=O)c3cccs3)C2)cc1. The van der Waals surface area contributed by atoms with E-state index < -0.39 is 0 Å². The van der Waals surface area contributed by atoms with Crippen LogP contribution in [0.2, 0.25) is 0 Å². The molecule has 0 saturated carbocycles. The van der Waals surface area contributed by atoms with Crippen LogP contribution in [0.3, 0.4) is 0 Å². The van der Waals surface area contributed by atoms with Gasteiger partial charge in [0, 0.05) is 19.0 Å². The number of benzene rings is 1. The van der Waals surface area contributed by atoms with E-state index in [9.17, 15) is 4.79 Å². The Kier molecular flexibility index (Phi) is 3.74. The van der Waals surface area contributed by atoms with Gasteiger partial charge in [0.25, 0.3) is 5.91 Å². The molecule has 4 heteroatoms. The van der Waals surface area contributed by atoms with Crippen molar-refractivity contribution in [1.82, 2.24) is 4.90 Å². The standard InChI is InChI=1S/C16H17NO2S/c1-19-14-6-4-12(5-7-14)13-8-9-17(11-13)16(18)15-3-2-10-20-15/h2-7,10,13H,8-9,11H2,1H3/t13-/m0/s1. The Bertz CT molecular complexity index is 577. The van der Waals surface area contributed by atoms with Crippen molar-refractivity contribution in [2.75, 3.05) is 20.2 Å². The van der Waals surface area contributed by atoms with Gasteiger partial charge in [0.05, 0.1) is 12.0 Å². The van der Waals surface area contributed by atoms with Crippen LogP contribution in [-0.2, 0) is 0 Å². The van der Waals surface area contributed by atoms with Gasteiger partial charge in [0.2, 0.25) is 0 Å². The zero-order valence-electron chi connectivity index (χ0n) is 11.4. The largest absolute Gasteiger partial charge is 0.497 e.